The average molecular weight is 357 g/mol. The van der Waals surface area contributed by atoms with E-state index in [1.807, 2.05) is 42.5 Å². The summed E-state index contributed by atoms with van der Waals surface area (Å²) in [5.74, 6) is 0.676. The van der Waals surface area contributed by atoms with Crippen LogP contribution in [0.2, 0.25) is 5.02 Å². The van der Waals surface area contributed by atoms with Crippen molar-refractivity contribution < 1.29 is 4.74 Å². The molecule has 8 heteroatoms. The Morgan fingerprint density at radius 3 is 2.88 bits per heavy atom. The van der Waals surface area contributed by atoms with Crippen LogP contribution in [0.5, 0.6) is 0 Å². The summed E-state index contributed by atoms with van der Waals surface area (Å²) < 4.78 is 4.99. The van der Waals surface area contributed by atoms with Gasteiger partial charge in [0.05, 0.1) is 11.2 Å². The number of benzene rings is 2. The Morgan fingerprint density at radius 1 is 1.20 bits per heavy atom. The molecule has 0 aliphatic rings. The molecule has 1 heterocycles. The van der Waals surface area contributed by atoms with Crippen LogP contribution in [0.4, 0.5) is 17.2 Å². The van der Waals surface area contributed by atoms with Gasteiger partial charge in [0.25, 0.3) is 0 Å². The molecule has 0 saturated carbocycles. The van der Waals surface area contributed by atoms with Gasteiger partial charge in [0.1, 0.15) is 18.9 Å². The van der Waals surface area contributed by atoms with Gasteiger partial charge in [-0.15, -0.1) is 5.11 Å². The van der Waals surface area contributed by atoms with E-state index < -0.39 is 0 Å². The Labute approximate surface area is 150 Å². The minimum Gasteiger partial charge on any atom is -0.363 e. The Bertz CT molecular complexity index is 901. The first-order valence-electron chi connectivity index (χ1n) is 7.55. The largest absolute Gasteiger partial charge is 0.363 e. The lowest BCUT2D eigenvalue weighted by molar-refractivity contribution is 0.0788. The minimum atomic E-state index is 0.363. The van der Waals surface area contributed by atoms with Crippen molar-refractivity contribution in [3.63, 3.8) is 0 Å². The molecule has 0 aliphatic carbocycles. The summed E-state index contributed by atoms with van der Waals surface area (Å²) in [5.41, 5.74) is 2.35. The molecular weight excluding hydrogens is 340 g/mol. The minimum absolute atomic E-state index is 0.363. The van der Waals surface area contributed by atoms with Gasteiger partial charge in [-0.3, -0.25) is 5.01 Å². The second-order valence-corrected chi connectivity index (χ2v) is 5.76. The molecule has 1 aromatic heterocycles. The molecule has 0 unspecified atom stereocenters. The third-order valence-corrected chi connectivity index (χ3v) is 3.57. The zero-order chi connectivity index (χ0) is 17.6. The van der Waals surface area contributed by atoms with Gasteiger partial charge in [0, 0.05) is 30.3 Å². The number of hydrogen-bond donors (Lipinski definition) is 1. The normalized spacial score (nSPS) is 11.2. The molecule has 0 amide bonds. The molecule has 3 rings (SSSR count). The highest BCUT2D eigenvalue weighted by Gasteiger charge is 2.06. The van der Waals surface area contributed by atoms with Gasteiger partial charge in [-0.05, 0) is 36.4 Å². The second-order valence-electron chi connectivity index (χ2n) is 5.32. The van der Waals surface area contributed by atoms with Crippen LogP contribution in [0.3, 0.4) is 0 Å². The maximum Gasteiger partial charge on any atom is 0.141 e. The van der Waals surface area contributed by atoms with Crippen LogP contribution in [0.15, 0.2) is 59.1 Å². The predicted octanol–water partition coefficient (Wildman–Crippen LogP) is 4.56. The molecule has 0 radical (unpaired) electrons. The van der Waals surface area contributed by atoms with E-state index in [2.05, 4.69) is 25.6 Å². The van der Waals surface area contributed by atoms with Crippen LogP contribution in [-0.4, -0.2) is 35.9 Å². The Balaban J connectivity index is 1.92. The van der Waals surface area contributed by atoms with Gasteiger partial charge in [-0.2, -0.15) is 0 Å². The maximum absolute atomic E-state index is 6.04. The summed E-state index contributed by atoms with van der Waals surface area (Å²) in [6.45, 7) is 0.363. The molecular formula is C17H17ClN6O. The highest BCUT2D eigenvalue weighted by atomic mass is 35.5. The van der Waals surface area contributed by atoms with Gasteiger partial charge < -0.3 is 10.1 Å². The van der Waals surface area contributed by atoms with Crippen LogP contribution < -0.4 is 5.32 Å². The summed E-state index contributed by atoms with van der Waals surface area (Å²) in [5, 5.41) is 14.6. The molecule has 25 heavy (non-hydrogen) atoms. The number of ether oxygens (including phenoxy) is 1. The lowest BCUT2D eigenvalue weighted by Gasteiger charge is -2.10. The van der Waals surface area contributed by atoms with Crippen molar-refractivity contribution in [1.29, 1.82) is 0 Å². The average Bonchev–Trinajstić information content (AvgIpc) is 2.61. The molecule has 0 atom stereocenters. The molecule has 0 bridgehead atoms. The first-order chi connectivity index (χ1) is 12.2. The highest BCUT2D eigenvalue weighted by molar-refractivity contribution is 6.30. The van der Waals surface area contributed by atoms with Crippen LogP contribution in [-0.2, 0) is 4.74 Å². The number of nitrogens with zero attached hydrogens (tertiary/aromatic N) is 5. The molecule has 128 valence electrons. The number of rotatable bonds is 6. The first kappa shape index (κ1) is 17.1. The predicted molar refractivity (Wildman–Crippen MR) is 98.4 cm³/mol. The van der Waals surface area contributed by atoms with E-state index in [9.17, 15) is 0 Å². The maximum atomic E-state index is 6.04. The van der Waals surface area contributed by atoms with Crippen LogP contribution in [0.25, 0.3) is 10.9 Å². The van der Waals surface area contributed by atoms with Gasteiger partial charge >= 0.3 is 0 Å². The van der Waals surface area contributed by atoms with Crippen molar-refractivity contribution in [3.05, 3.63) is 53.8 Å². The van der Waals surface area contributed by atoms with Crippen LogP contribution >= 0.6 is 11.6 Å². The molecule has 2 aromatic carbocycles. The number of anilines is 2. The topological polar surface area (TPSA) is 75.0 Å². The molecule has 1 N–H and O–H groups in total. The molecule has 0 spiro atoms. The van der Waals surface area contributed by atoms with Gasteiger partial charge in [-0.1, -0.05) is 22.9 Å². The lowest BCUT2D eigenvalue weighted by atomic mass is 10.2. The molecule has 0 saturated heterocycles. The third kappa shape index (κ3) is 4.40. The van der Waals surface area contributed by atoms with Crippen LogP contribution in [0.1, 0.15) is 0 Å². The van der Waals surface area contributed by atoms with Gasteiger partial charge in [0.15, 0.2) is 0 Å². The van der Waals surface area contributed by atoms with Crippen molar-refractivity contribution in [3.8, 4) is 0 Å². The zero-order valence-electron chi connectivity index (χ0n) is 13.8. The van der Waals surface area contributed by atoms with E-state index in [1.54, 1.807) is 19.2 Å². The SMILES string of the molecule is COCN(C)/N=N/c1ccc2ncnc(Nc3cccc(Cl)c3)c2c1. The fourth-order valence-corrected chi connectivity index (χ4v) is 2.44. The van der Waals surface area contributed by atoms with Crippen molar-refractivity contribution in [2.75, 3.05) is 26.2 Å². The standard InChI is InChI=1S/C17H17ClN6O/c1-24(11-25-2)23-22-14-6-7-16-15(9-14)17(20-10-19-16)21-13-5-3-4-12(18)8-13/h3-10H,11H2,1-2H3,(H,19,20,21)/b23-22+. The summed E-state index contributed by atoms with van der Waals surface area (Å²) >= 11 is 6.04. The second kappa shape index (κ2) is 7.87. The van der Waals surface area contributed by atoms with Gasteiger partial charge in [0.2, 0.25) is 0 Å². The smallest absolute Gasteiger partial charge is 0.141 e. The van der Waals surface area contributed by atoms with Crippen molar-refractivity contribution >= 4 is 39.7 Å². The van der Waals surface area contributed by atoms with E-state index in [1.165, 1.54) is 6.33 Å². The van der Waals surface area contributed by atoms with E-state index in [0.717, 1.165) is 16.6 Å². The number of aromatic nitrogens is 2. The summed E-state index contributed by atoms with van der Waals surface area (Å²) in [4.78, 5) is 8.62. The van der Waals surface area contributed by atoms with E-state index in [0.29, 0.717) is 23.3 Å². The first-order valence-corrected chi connectivity index (χ1v) is 7.92. The number of nitrogens with one attached hydrogen (secondary N) is 1. The Morgan fingerprint density at radius 2 is 2.08 bits per heavy atom. The summed E-state index contributed by atoms with van der Waals surface area (Å²) in [7, 11) is 3.39. The van der Waals surface area contributed by atoms with Crippen molar-refractivity contribution in [2.24, 2.45) is 10.3 Å². The number of fused-ring (bicyclic) bond motifs is 1. The Hall–Kier alpha value is -2.77. The van der Waals surface area contributed by atoms with Crippen molar-refractivity contribution in [1.82, 2.24) is 15.0 Å². The quantitative estimate of drug-likeness (QED) is 0.398. The number of methoxy groups -OCH3 is 1. The number of hydrogen-bond acceptors (Lipinski definition) is 6. The van der Waals surface area contributed by atoms with E-state index in [4.69, 9.17) is 16.3 Å². The lowest BCUT2D eigenvalue weighted by Crippen LogP contribution is -2.12. The fourth-order valence-electron chi connectivity index (χ4n) is 2.25. The summed E-state index contributed by atoms with van der Waals surface area (Å²) in [6, 6.07) is 13.1. The molecule has 0 aliphatic heterocycles. The monoisotopic (exact) mass is 356 g/mol. The number of halogens is 1. The van der Waals surface area contributed by atoms with E-state index >= 15 is 0 Å². The zero-order valence-corrected chi connectivity index (χ0v) is 14.6. The Kier molecular flexibility index (Phi) is 5.37. The third-order valence-electron chi connectivity index (χ3n) is 3.34. The fraction of sp³-hybridized carbons (Fsp3) is 0.176. The highest BCUT2D eigenvalue weighted by Crippen LogP contribution is 2.27. The molecule has 3 aromatic rings. The van der Waals surface area contributed by atoms with Crippen LogP contribution in [0, 0.1) is 0 Å². The van der Waals surface area contributed by atoms with Crippen molar-refractivity contribution in [2.45, 2.75) is 0 Å². The van der Waals surface area contributed by atoms with Gasteiger partial charge in [-0.25, -0.2) is 9.97 Å². The van der Waals surface area contributed by atoms with E-state index in [-0.39, 0.29) is 0 Å². The molecule has 0 fully saturated rings. The summed E-state index contributed by atoms with van der Waals surface area (Å²) in [6.07, 6.45) is 1.52. The molecule has 7 nitrogen and oxygen atoms in total.